The largest absolute Gasteiger partial charge is 0.492 e. The van der Waals surface area contributed by atoms with E-state index in [-0.39, 0.29) is 0 Å². The maximum atomic E-state index is 5.82. The van der Waals surface area contributed by atoms with Gasteiger partial charge in [0.2, 0.25) is 0 Å². The number of hydrogen-bond acceptors (Lipinski definition) is 2. The van der Waals surface area contributed by atoms with Gasteiger partial charge in [0.1, 0.15) is 12.4 Å². The summed E-state index contributed by atoms with van der Waals surface area (Å²) in [6.45, 7) is 7.12. The topological polar surface area (TPSA) is 21.3 Å². The van der Waals surface area contributed by atoms with Crippen LogP contribution in [0, 0.1) is 19.8 Å². The third-order valence-electron chi connectivity index (χ3n) is 4.00. The summed E-state index contributed by atoms with van der Waals surface area (Å²) in [4.78, 5) is 0. The monoisotopic (exact) mass is 247 g/mol. The lowest BCUT2D eigenvalue weighted by Gasteiger charge is -2.13. The zero-order valence-electron chi connectivity index (χ0n) is 11.7. The van der Waals surface area contributed by atoms with Crippen LogP contribution in [0.1, 0.15) is 36.8 Å². The van der Waals surface area contributed by atoms with Gasteiger partial charge in [0.25, 0.3) is 0 Å². The van der Waals surface area contributed by atoms with Gasteiger partial charge >= 0.3 is 0 Å². The normalized spacial score (nSPS) is 16.1. The van der Waals surface area contributed by atoms with E-state index in [1.807, 2.05) is 0 Å². The van der Waals surface area contributed by atoms with Crippen LogP contribution in [0.25, 0.3) is 0 Å². The van der Waals surface area contributed by atoms with Gasteiger partial charge in [-0.3, -0.25) is 0 Å². The van der Waals surface area contributed by atoms with Crippen LogP contribution in [0.15, 0.2) is 18.2 Å². The maximum absolute atomic E-state index is 5.82. The van der Waals surface area contributed by atoms with Crippen LogP contribution in [0.5, 0.6) is 5.75 Å². The van der Waals surface area contributed by atoms with Crippen molar-refractivity contribution < 1.29 is 4.74 Å². The average Bonchev–Trinajstić information content (AvgIpc) is 2.87. The quantitative estimate of drug-likeness (QED) is 0.777. The zero-order chi connectivity index (χ0) is 12.8. The minimum Gasteiger partial charge on any atom is -0.492 e. The van der Waals surface area contributed by atoms with E-state index in [1.54, 1.807) is 0 Å². The second kappa shape index (κ2) is 6.79. The summed E-state index contributed by atoms with van der Waals surface area (Å²) in [7, 11) is 0. The third kappa shape index (κ3) is 3.74. The van der Waals surface area contributed by atoms with Gasteiger partial charge in [-0.25, -0.2) is 0 Å². The Labute approximate surface area is 111 Å². The molecular weight excluding hydrogens is 222 g/mol. The Kier molecular flexibility index (Phi) is 5.06. The third-order valence-corrected chi connectivity index (χ3v) is 4.00. The molecule has 18 heavy (non-hydrogen) atoms. The van der Waals surface area contributed by atoms with E-state index >= 15 is 0 Å². The highest BCUT2D eigenvalue weighted by atomic mass is 16.5. The smallest absolute Gasteiger partial charge is 0.122 e. The highest BCUT2D eigenvalue weighted by molar-refractivity contribution is 5.38. The summed E-state index contributed by atoms with van der Waals surface area (Å²) in [5, 5.41) is 3.51. The van der Waals surface area contributed by atoms with Crippen LogP contribution in [0.3, 0.4) is 0 Å². The van der Waals surface area contributed by atoms with Gasteiger partial charge in [-0.1, -0.05) is 25.0 Å². The Balaban J connectivity index is 1.64. The van der Waals surface area contributed by atoms with Crippen LogP contribution in [0.4, 0.5) is 0 Å². The minimum absolute atomic E-state index is 0.761. The Morgan fingerprint density at radius 3 is 2.78 bits per heavy atom. The molecule has 0 saturated heterocycles. The summed E-state index contributed by atoms with van der Waals surface area (Å²) in [6.07, 6.45) is 5.66. The first-order valence-electron chi connectivity index (χ1n) is 7.17. The van der Waals surface area contributed by atoms with Gasteiger partial charge in [-0.15, -0.1) is 0 Å². The summed E-state index contributed by atoms with van der Waals surface area (Å²) >= 11 is 0. The molecule has 2 rings (SSSR count). The fourth-order valence-corrected chi connectivity index (χ4v) is 2.63. The van der Waals surface area contributed by atoms with Crippen molar-refractivity contribution in [1.82, 2.24) is 5.32 Å². The lowest BCUT2D eigenvalue weighted by Crippen LogP contribution is -2.26. The van der Waals surface area contributed by atoms with Gasteiger partial charge < -0.3 is 10.1 Å². The van der Waals surface area contributed by atoms with Gasteiger partial charge in [0.15, 0.2) is 0 Å². The highest BCUT2D eigenvalue weighted by Crippen LogP contribution is 2.23. The molecule has 0 spiro atoms. The van der Waals surface area contributed by atoms with E-state index in [1.165, 1.54) is 36.8 Å². The fraction of sp³-hybridized carbons (Fsp3) is 0.625. The average molecular weight is 247 g/mol. The molecular formula is C16H25NO. The van der Waals surface area contributed by atoms with Crippen molar-refractivity contribution in [3.63, 3.8) is 0 Å². The van der Waals surface area contributed by atoms with E-state index in [0.29, 0.717) is 0 Å². The molecule has 1 aromatic carbocycles. The van der Waals surface area contributed by atoms with Crippen molar-refractivity contribution >= 4 is 0 Å². The van der Waals surface area contributed by atoms with Crippen LogP contribution < -0.4 is 10.1 Å². The first-order chi connectivity index (χ1) is 8.77. The molecule has 2 nitrogen and oxygen atoms in total. The molecule has 0 aromatic heterocycles. The number of aryl methyl sites for hydroxylation is 1. The first kappa shape index (κ1) is 13.4. The summed E-state index contributed by atoms with van der Waals surface area (Å²) in [5.41, 5.74) is 2.56. The van der Waals surface area contributed by atoms with Gasteiger partial charge in [0, 0.05) is 6.54 Å². The molecule has 100 valence electrons. The van der Waals surface area contributed by atoms with Gasteiger partial charge in [0.05, 0.1) is 0 Å². The molecule has 1 saturated carbocycles. The Hall–Kier alpha value is -1.02. The van der Waals surface area contributed by atoms with Gasteiger partial charge in [-0.2, -0.15) is 0 Å². The molecule has 1 fully saturated rings. The Bertz CT molecular complexity index is 369. The second-order valence-electron chi connectivity index (χ2n) is 5.40. The van der Waals surface area contributed by atoms with Gasteiger partial charge in [-0.05, 0) is 56.3 Å². The molecule has 0 unspecified atom stereocenters. The van der Waals surface area contributed by atoms with Crippen molar-refractivity contribution in [2.45, 2.75) is 39.5 Å². The van der Waals surface area contributed by atoms with Crippen LogP contribution in [0.2, 0.25) is 0 Å². The molecule has 0 bridgehead atoms. The molecule has 1 aromatic rings. The minimum atomic E-state index is 0.761. The molecule has 0 aliphatic heterocycles. The highest BCUT2D eigenvalue weighted by Gasteiger charge is 2.13. The Morgan fingerprint density at radius 1 is 1.22 bits per heavy atom. The fourth-order valence-electron chi connectivity index (χ4n) is 2.63. The van der Waals surface area contributed by atoms with E-state index in [4.69, 9.17) is 4.74 Å². The summed E-state index contributed by atoms with van der Waals surface area (Å²) in [5.74, 6) is 1.93. The van der Waals surface area contributed by atoms with Crippen molar-refractivity contribution in [3.05, 3.63) is 29.3 Å². The first-order valence-corrected chi connectivity index (χ1v) is 7.17. The Morgan fingerprint density at radius 2 is 2.00 bits per heavy atom. The van der Waals surface area contributed by atoms with Crippen LogP contribution in [-0.4, -0.2) is 19.7 Å². The number of hydrogen-bond donors (Lipinski definition) is 1. The van der Waals surface area contributed by atoms with Crippen LogP contribution in [-0.2, 0) is 0 Å². The number of benzene rings is 1. The van der Waals surface area contributed by atoms with E-state index in [2.05, 4.69) is 37.4 Å². The van der Waals surface area contributed by atoms with Crippen molar-refractivity contribution in [2.75, 3.05) is 19.7 Å². The zero-order valence-corrected chi connectivity index (χ0v) is 11.7. The molecule has 1 aliphatic carbocycles. The summed E-state index contributed by atoms with van der Waals surface area (Å²) < 4.78 is 5.82. The van der Waals surface area contributed by atoms with Crippen molar-refractivity contribution in [1.29, 1.82) is 0 Å². The lowest BCUT2D eigenvalue weighted by atomic mass is 10.1. The number of ether oxygens (including phenoxy) is 1. The molecule has 0 atom stereocenters. The molecule has 0 heterocycles. The SMILES string of the molecule is Cc1cccc(OCCNCC2CCCC2)c1C. The molecule has 1 aliphatic rings. The predicted molar refractivity (Wildman–Crippen MR) is 76.2 cm³/mol. The molecule has 1 N–H and O–H groups in total. The number of nitrogens with one attached hydrogen (secondary N) is 1. The van der Waals surface area contributed by atoms with E-state index in [9.17, 15) is 0 Å². The van der Waals surface area contributed by atoms with E-state index < -0.39 is 0 Å². The molecule has 0 amide bonds. The van der Waals surface area contributed by atoms with E-state index in [0.717, 1.165) is 31.4 Å². The second-order valence-corrected chi connectivity index (χ2v) is 5.40. The summed E-state index contributed by atoms with van der Waals surface area (Å²) in [6, 6.07) is 6.24. The maximum Gasteiger partial charge on any atom is 0.122 e. The molecule has 2 heteroatoms. The predicted octanol–water partition coefficient (Wildman–Crippen LogP) is 3.46. The molecule has 0 radical (unpaired) electrons. The number of rotatable bonds is 6. The van der Waals surface area contributed by atoms with Crippen molar-refractivity contribution in [2.24, 2.45) is 5.92 Å². The van der Waals surface area contributed by atoms with Crippen LogP contribution >= 0.6 is 0 Å². The standard InChI is InChI=1S/C16H25NO/c1-13-6-5-9-16(14(13)2)18-11-10-17-12-15-7-3-4-8-15/h5-6,9,15,17H,3-4,7-8,10-12H2,1-2H3. The van der Waals surface area contributed by atoms with Crippen molar-refractivity contribution in [3.8, 4) is 5.75 Å². The lowest BCUT2D eigenvalue weighted by molar-refractivity contribution is 0.307.